The average molecular weight is 536 g/mol. The molecule has 2 amide bonds. The van der Waals surface area contributed by atoms with Crippen molar-refractivity contribution < 1.29 is 14.3 Å². The fourth-order valence-electron chi connectivity index (χ4n) is 7.17. The Morgan fingerprint density at radius 1 is 0.950 bits per heavy atom. The lowest BCUT2D eigenvalue weighted by Crippen LogP contribution is -2.43. The van der Waals surface area contributed by atoms with Gasteiger partial charge in [0.25, 0.3) is 5.91 Å². The maximum absolute atomic E-state index is 13.7. The smallest absolute Gasteiger partial charge is 0.258 e. The number of rotatable bonds is 4. The van der Waals surface area contributed by atoms with Gasteiger partial charge in [-0.3, -0.25) is 9.59 Å². The molecule has 0 atom stereocenters. The molecule has 0 radical (unpaired) electrons. The lowest BCUT2D eigenvalue weighted by atomic mass is 9.74. The first-order valence-electron chi connectivity index (χ1n) is 14.8. The Morgan fingerprint density at radius 3 is 2.45 bits per heavy atom. The van der Waals surface area contributed by atoms with E-state index < -0.39 is 0 Å². The van der Waals surface area contributed by atoms with Crippen LogP contribution in [0, 0.1) is 6.92 Å². The molecule has 3 aromatic carbocycles. The van der Waals surface area contributed by atoms with Crippen molar-refractivity contribution in [2.24, 2.45) is 0 Å². The summed E-state index contributed by atoms with van der Waals surface area (Å²) in [5, 5.41) is 0. The summed E-state index contributed by atoms with van der Waals surface area (Å²) in [7, 11) is 0. The van der Waals surface area contributed by atoms with Gasteiger partial charge in [-0.2, -0.15) is 0 Å². The summed E-state index contributed by atoms with van der Waals surface area (Å²) in [4.78, 5) is 32.3. The molecule has 0 aromatic heterocycles. The lowest BCUT2D eigenvalue weighted by molar-refractivity contribution is -0.117. The number of hydrogen-bond donors (Lipinski definition) is 0. The number of carbonyl (C=O) groups is 2. The first-order chi connectivity index (χ1) is 19.5. The summed E-state index contributed by atoms with van der Waals surface area (Å²) < 4.78 is 6.23. The first-order valence-corrected chi connectivity index (χ1v) is 14.8. The number of fused-ring (bicyclic) bond motifs is 3. The van der Waals surface area contributed by atoms with Crippen molar-refractivity contribution in [1.29, 1.82) is 0 Å². The van der Waals surface area contributed by atoms with Gasteiger partial charge in [0.2, 0.25) is 5.91 Å². The van der Waals surface area contributed by atoms with Crippen LogP contribution < -0.4 is 14.5 Å². The van der Waals surface area contributed by atoms with E-state index in [1.165, 1.54) is 11.1 Å². The molecule has 6 heteroatoms. The van der Waals surface area contributed by atoms with Crippen LogP contribution in [0.2, 0.25) is 0 Å². The standard InChI is InChI=1S/C34H37N3O3/c1-3-35-17-13-34(14-18-35)22-40-31-20-26-12-16-37(30(26)21-29(31)34)33(39)25-8-6-24(7-9-25)28-11-10-27(19-23(28)2)36-15-4-5-32(36)38/h6-11,19-21H,3-5,12-18,22H2,1-2H3. The molecular weight excluding hydrogens is 498 g/mol. The van der Waals surface area contributed by atoms with E-state index in [1.54, 1.807) is 0 Å². The predicted molar refractivity (Wildman–Crippen MR) is 159 cm³/mol. The number of carbonyl (C=O) groups excluding carboxylic acids is 2. The predicted octanol–water partition coefficient (Wildman–Crippen LogP) is 5.74. The van der Waals surface area contributed by atoms with Crippen molar-refractivity contribution in [2.45, 2.75) is 51.4 Å². The molecule has 2 saturated heterocycles. The molecule has 3 aromatic rings. The van der Waals surface area contributed by atoms with Gasteiger partial charge in [0.15, 0.2) is 0 Å². The van der Waals surface area contributed by atoms with Crippen LogP contribution in [0.1, 0.15) is 59.7 Å². The molecule has 4 heterocycles. The minimum Gasteiger partial charge on any atom is -0.492 e. The zero-order chi connectivity index (χ0) is 27.4. The molecule has 0 saturated carbocycles. The quantitative estimate of drug-likeness (QED) is 0.428. The highest BCUT2D eigenvalue weighted by Gasteiger charge is 2.44. The zero-order valence-electron chi connectivity index (χ0n) is 23.5. The number of ether oxygens (including phenoxy) is 1. The van der Waals surface area contributed by atoms with Crippen LogP contribution in [0.15, 0.2) is 54.6 Å². The molecule has 206 valence electrons. The third kappa shape index (κ3) is 4.12. The first kappa shape index (κ1) is 25.3. The number of aryl methyl sites for hydroxylation is 1. The molecule has 0 bridgehead atoms. The second-order valence-electron chi connectivity index (χ2n) is 11.9. The maximum atomic E-state index is 13.7. The average Bonchev–Trinajstić information content (AvgIpc) is 3.69. The van der Waals surface area contributed by atoms with Crippen molar-refractivity contribution in [3.05, 3.63) is 76.9 Å². The summed E-state index contributed by atoms with van der Waals surface area (Å²) in [6.45, 7) is 9.87. The van der Waals surface area contributed by atoms with Gasteiger partial charge in [-0.1, -0.05) is 25.1 Å². The molecular formula is C34H37N3O3. The molecule has 4 aliphatic heterocycles. The van der Waals surface area contributed by atoms with E-state index in [2.05, 4.69) is 43.0 Å². The van der Waals surface area contributed by atoms with Crippen molar-refractivity contribution in [3.63, 3.8) is 0 Å². The van der Waals surface area contributed by atoms with Crippen LogP contribution in [0.25, 0.3) is 11.1 Å². The summed E-state index contributed by atoms with van der Waals surface area (Å²) >= 11 is 0. The summed E-state index contributed by atoms with van der Waals surface area (Å²) in [5.41, 5.74) is 8.63. The number of amides is 2. The van der Waals surface area contributed by atoms with Crippen LogP contribution in [0.3, 0.4) is 0 Å². The van der Waals surface area contributed by atoms with Gasteiger partial charge in [-0.25, -0.2) is 0 Å². The molecule has 1 spiro atoms. The number of piperidine rings is 1. The molecule has 7 rings (SSSR count). The van der Waals surface area contributed by atoms with Crippen LogP contribution >= 0.6 is 0 Å². The van der Waals surface area contributed by atoms with Crippen LogP contribution in [0.5, 0.6) is 5.75 Å². The largest absolute Gasteiger partial charge is 0.492 e. The number of likely N-dealkylation sites (tertiary alicyclic amines) is 1. The van der Waals surface area contributed by atoms with Gasteiger partial charge in [0.1, 0.15) is 5.75 Å². The second-order valence-corrected chi connectivity index (χ2v) is 11.9. The topological polar surface area (TPSA) is 53.1 Å². The van der Waals surface area contributed by atoms with E-state index in [1.807, 2.05) is 40.1 Å². The summed E-state index contributed by atoms with van der Waals surface area (Å²) in [6, 6.07) is 18.7. The van der Waals surface area contributed by atoms with Crippen molar-refractivity contribution in [2.75, 3.05) is 49.1 Å². The van der Waals surface area contributed by atoms with Gasteiger partial charge in [-0.15, -0.1) is 0 Å². The lowest BCUT2D eigenvalue weighted by Gasteiger charge is -2.38. The molecule has 0 unspecified atom stereocenters. The summed E-state index contributed by atoms with van der Waals surface area (Å²) in [5.74, 6) is 1.28. The van der Waals surface area contributed by atoms with Gasteiger partial charge in [0, 0.05) is 47.4 Å². The Balaban J connectivity index is 1.12. The van der Waals surface area contributed by atoms with Crippen LogP contribution in [-0.4, -0.2) is 56.0 Å². The van der Waals surface area contributed by atoms with E-state index in [0.717, 1.165) is 92.3 Å². The molecule has 2 fully saturated rings. The van der Waals surface area contributed by atoms with Crippen LogP contribution in [0.4, 0.5) is 11.4 Å². The van der Waals surface area contributed by atoms with Gasteiger partial charge >= 0.3 is 0 Å². The van der Waals surface area contributed by atoms with Crippen molar-refractivity contribution in [3.8, 4) is 16.9 Å². The fourth-order valence-corrected chi connectivity index (χ4v) is 7.17. The van der Waals surface area contributed by atoms with Gasteiger partial charge in [-0.05, 0) is 111 Å². The summed E-state index contributed by atoms with van der Waals surface area (Å²) in [6.07, 6.45) is 4.63. The Hall–Kier alpha value is -3.64. The van der Waals surface area contributed by atoms with Crippen molar-refractivity contribution in [1.82, 2.24) is 4.90 Å². The Labute approximate surface area is 236 Å². The Bertz CT molecular complexity index is 1490. The third-order valence-corrected chi connectivity index (χ3v) is 9.70. The normalized spacial score (nSPS) is 19.7. The minimum absolute atomic E-state index is 0.0543. The molecule has 6 nitrogen and oxygen atoms in total. The SMILES string of the molecule is CCN1CCC2(CC1)COc1cc3c(cc12)N(C(=O)c1ccc(-c2ccc(N4CCCC4=O)cc2C)cc1)CC3. The minimum atomic E-state index is 0.0543. The highest BCUT2D eigenvalue weighted by molar-refractivity contribution is 6.07. The molecule has 0 N–H and O–H groups in total. The van der Waals surface area contributed by atoms with Gasteiger partial charge < -0.3 is 19.4 Å². The van der Waals surface area contributed by atoms with E-state index in [9.17, 15) is 9.59 Å². The number of hydrogen-bond acceptors (Lipinski definition) is 4. The van der Waals surface area contributed by atoms with Gasteiger partial charge in [0.05, 0.1) is 6.61 Å². The van der Waals surface area contributed by atoms with E-state index >= 15 is 0 Å². The third-order valence-electron chi connectivity index (χ3n) is 9.70. The molecule has 40 heavy (non-hydrogen) atoms. The highest BCUT2D eigenvalue weighted by Crippen LogP contribution is 2.49. The fraction of sp³-hybridized carbons (Fsp3) is 0.412. The Kier molecular flexibility index (Phi) is 6.19. The Morgan fingerprint density at radius 2 is 1.75 bits per heavy atom. The van der Waals surface area contributed by atoms with Crippen LogP contribution in [-0.2, 0) is 16.6 Å². The van der Waals surface area contributed by atoms with E-state index in [0.29, 0.717) is 18.5 Å². The maximum Gasteiger partial charge on any atom is 0.258 e. The number of anilines is 2. The van der Waals surface area contributed by atoms with E-state index in [-0.39, 0.29) is 17.2 Å². The van der Waals surface area contributed by atoms with E-state index in [4.69, 9.17) is 4.74 Å². The zero-order valence-corrected chi connectivity index (χ0v) is 23.5. The molecule has 0 aliphatic carbocycles. The molecule has 4 aliphatic rings. The number of benzene rings is 3. The monoisotopic (exact) mass is 535 g/mol. The second kappa shape index (κ2) is 9.77. The number of nitrogens with zero attached hydrogens (tertiary/aromatic N) is 3. The van der Waals surface area contributed by atoms with Crippen molar-refractivity contribution >= 4 is 23.2 Å². The highest BCUT2D eigenvalue weighted by atomic mass is 16.5.